The zero-order chi connectivity index (χ0) is 16.5. The second-order valence-corrected chi connectivity index (χ2v) is 5.43. The molecule has 2 aliphatic rings. The fourth-order valence-electron chi connectivity index (χ4n) is 2.36. The van der Waals surface area contributed by atoms with Crippen LogP contribution in [0.3, 0.4) is 0 Å². The predicted molar refractivity (Wildman–Crippen MR) is 81.8 cm³/mol. The summed E-state index contributed by atoms with van der Waals surface area (Å²) in [6, 6.07) is 9.65. The van der Waals surface area contributed by atoms with Gasteiger partial charge in [-0.1, -0.05) is 30.3 Å². The number of carbonyl (C=O) groups is 2. The van der Waals surface area contributed by atoms with Crippen LogP contribution in [0.5, 0.6) is 0 Å². The lowest BCUT2D eigenvalue weighted by atomic mass is 10.2. The van der Waals surface area contributed by atoms with Crippen molar-refractivity contribution < 1.29 is 28.9 Å². The summed E-state index contributed by atoms with van der Waals surface area (Å²) in [5, 5.41) is 8.29. The first-order valence-electron chi connectivity index (χ1n) is 7.83. The Morgan fingerprint density at radius 2 is 1.65 bits per heavy atom. The molecule has 0 bridgehead atoms. The second kappa shape index (κ2) is 9.27. The van der Waals surface area contributed by atoms with Crippen LogP contribution >= 0.6 is 0 Å². The molecule has 2 unspecified atom stereocenters. The number of ether oxygens (including phenoxy) is 3. The van der Waals surface area contributed by atoms with E-state index in [9.17, 15) is 9.59 Å². The second-order valence-electron chi connectivity index (χ2n) is 5.43. The summed E-state index contributed by atoms with van der Waals surface area (Å²) in [7, 11) is 0. The highest BCUT2D eigenvalue weighted by Crippen LogP contribution is 2.14. The summed E-state index contributed by atoms with van der Waals surface area (Å²) in [4.78, 5) is 21.5. The van der Waals surface area contributed by atoms with Gasteiger partial charge in [0.1, 0.15) is 6.61 Å². The monoisotopic (exact) mass is 322 g/mol. The molecule has 1 aromatic rings. The smallest absolute Gasteiger partial charge is 0.335 e. The van der Waals surface area contributed by atoms with Gasteiger partial charge in [-0.25, -0.2) is 9.59 Å². The third-order valence-corrected chi connectivity index (χ3v) is 3.62. The van der Waals surface area contributed by atoms with Crippen LogP contribution in [0.1, 0.15) is 31.2 Å². The number of hydrogen-bond acceptors (Lipinski definition) is 5. The van der Waals surface area contributed by atoms with Gasteiger partial charge in [0.25, 0.3) is 0 Å². The SMILES string of the molecule is O=C(O)C1CCCO1.O=C(OCc1ccccc1)C1CCCO1. The Balaban J connectivity index is 0.000000203. The maximum absolute atomic E-state index is 11.5. The van der Waals surface area contributed by atoms with Gasteiger partial charge < -0.3 is 19.3 Å². The van der Waals surface area contributed by atoms with Crippen molar-refractivity contribution in [1.29, 1.82) is 0 Å². The summed E-state index contributed by atoms with van der Waals surface area (Å²) >= 11 is 0. The highest BCUT2D eigenvalue weighted by molar-refractivity contribution is 5.74. The van der Waals surface area contributed by atoms with Crippen molar-refractivity contribution in [3.8, 4) is 0 Å². The molecule has 0 aliphatic carbocycles. The minimum Gasteiger partial charge on any atom is -0.479 e. The average molecular weight is 322 g/mol. The Bertz CT molecular complexity index is 489. The largest absolute Gasteiger partial charge is 0.479 e. The van der Waals surface area contributed by atoms with Gasteiger partial charge in [-0.2, -0.15) is 0 Å². The standard InChI is InChI=1S/C12H14O3.C5H8O3/c13-12(11-7-4-8-14-11)15-9-10-5-2-1-3-6-10;6-5(7)4-2-1-3-8-4/h1-3,5-6,11H,4,7-9H2;4H,1-3H2,(H,6,7). The highest BCUT2D eigenvalue weighted by atomic mass is 16.6. The predicted octanol–water partition coefficient (Wildman–Crippen LogP) is 2.16. The number of aliphatic carboxylic acids is 1. The lowest BCUT2D eigenvalue weighted by Gasteiger charge is -2.09. The molecule has 2 atom stereocenters. The molecule has 2 heterocycles. The summed E-state index contributed by atoms with van der Waals surface area (Å²) < 4.78 is 15.2. The summed E-state index contributed by atoms with van der Waals surface area (Å²) in [6.07, 6.45) is 2.44. The molecule has 23 heavy (non-hydrogen) atoms. The van der Waals surface area contributed by atoms with Gasteiger partial charge >= 0.3 is 11.9 Å². The van der Waals surface area contributed by atoms with Crippen molar-refractivity contribution in [2.24, 2.45) is 0 Å². The fourth-order valence-corrected chi connectivity index (χ4v) is 2.36. The fraction of sp³-hybridized carbons (Fsp3) is 0.529. The molecule has 0 aromatic heterocycles. The van der Waals surface area contributed by atoms with E-state index in [1.54, 1.807) is 0 Å². The topological polar surface area (TPSA) is 82.1 Å². The number of benzene rings is 1. The van der Waals surface area contributed by atoms with Gasteiger partial charge in [0.15, 0.2) is 12.2 Å². The molecule has 6 heteroatoms. The zero-order valence-corrected chi connectivity index (χ0v) is 13.0. The minimum absolute atomic E-state index is 0.239. The van der Waals surface area contributed by atoms with Crippen LogP contribution in [0.2, 0.25) is 0 Å². The number of carboxylic acids is 1. The highest BCUT2D eigenvalue weighted by Gasteiger charge is 2.24. The summed E-state index contributed by atoms with van der Waals surface area (Å²) in [6.45, 7) is 1.61. The minimum atomic E-state index is -0.831. The van der Waals surface area contributed by atoms with E-state index >= 15 is 0 Å². The number of carboxylic acid groups (broad SMARTS) is 1. The lowest BCUT2D eigenvalue weighted by Crippen LogP contribution is -2.21. The molecular formula is C17H22O6. The van der Waals surface area contributed by atoms with Crippen molar-refractivity contribution in [2.45, 2.75) is 44.5 Å². The van der Waals surface area contributed by atoms with Crippen molar-refractivity contribution in [1.82, 2.24) is 0 Å². The van der Waals surface area contributed by atoms with E-state index in [4.69, 9.17) is 19.3 Å². The van der Waals surface area contributed by atoms with Crippen LogP contribution in [0.4, 0.5) is 0 Å². The van der Waals surface area contributed by atoms with Crippen LogP contribution in [-0.4, -0.2) is 42.5 Å². The maximum atomic E-state index is 11.5. The first kappa shape index (κ1) is 17.4. The molecule has 1 aromatic carbocycles. The van der Waals surface area contributed by atoms with Crippen LogP contribution in [0.25, 0.3) is 0 Å². The van der Waals surface area contributed by atoms with Crippen LogP contribution in [-0.2, 0) is 30.4 Å². The van der Waals surface area contributed by atoms with Crippen molar-refractivity contribution >= 4 is 11.9 Å². The first-order chi connectivity index (χ1) is 11.2. The Morgan fingerprint density at radius 3 is 2.13 bits per heavy atom. The molecule has 0 saturated carbocycles. The molecule has 3 rings (SSSR count). The van der Waals surface area contributed by atoms with Crippen molar-refractivity contribution in [2.75, 3.05) is 13.2 Å². The van der Waals surface area contributed by atoms with Crippen LogP contribution in [0, 0.1) is 0 Å². The zero-order valence-electron chi connectivity index (χ0n) is 13.0. The van der Waals surface area contributed by atoms with Crippen LogP contribution < -0.4 is 0 Å². The molecular weight excluding hydrogens is 300 g/mol. The molecule has 126 valence electrons. The van der Waals surface area contributed by atoms with E-state index in [2.05, 4.69) is 0 Å². The van der Waals surface area contributed by atoms with Gasteiger partial charge in [0.2, 0.25) is 0 Å². The van der Waals surface area contributed by atoms with Gasteiger partial charge in [-0.15, -0.1) is 0 Å². The van der Waals surface area contributed by atoms with Gasteiger partial charge in [0, 0.05) is 13.2 Å². The number of carbonyl (C=O) groups excluding carboxylic acids is 1. The van der Waals surface area contributed by atoms with Crippen LogP contribution in [0.15, 0.2) is 30.3 Å². The molecule has 6 nitrogen and oxygen atoms in total. The Morgan fingerprint density at radius 1 is 1.04 bits per heavy atom. The number of esters is 1. The Kier molecular flexibility index (Phi) is 7.03. The Hall–Kier alpha value is -1.92. The molecule has 2 saturated heterocycles. The third-order valence-electron chi connectivity index (χ3n) is 3.62. The van der Waals surface area contributed by atoms with E-state index < -0.39 is 12.1 Å². The number of hydrogen-bond donors (Lipinski definition) is 1. The van der Waals surface area contributed by atoms with E-state index in [1.165, 1.54) is 0 Å². The first-order valence-corrected chi connectivity index (χ1v) is 7.83. The molecule has 0 spiro atoms. The van der Waals surface area contributed by atoms with E-state index in [1.807, 2.05) is 30.3 Å². The molecule has 1 N–H and O–H groups in total. The Labute approximate surface area is 135 Å². The molecule has 0 radical (unpaired) electrons. The lowest BCUT2D eigenvalue weighted by molar-refractivity contribution is -0.155. The number of rotatable bonds is 4. The van der Waals surface area contributed by atoms with E-state index in [0.717, 1.165) is 24.8 Å². The normalized spacial score (nSPS) is 23.0. The van der Waals surface area contributed by atoms with Crippen molar-refractivity contribution in [3.63, 3.8) is 0 Å². The van der Waals surface area contributed by atoms with Gasteiger partial charge in [-0.05, 0) is 31.2 Å². The van der Waals surface area contributed by atoms with Crippen molar-refractivity contribution in [3.05, 3.63) is 35.9 Å². The van der Waals surface area contributed by atoms with Gasteiger partial charge in [0.05, 0.1) is 0 Å². The summed E-state index contributed by atoms with van der Waals surface area (Å²) in [5.74, 6) is -1.07. The van der Waals surface area contributed by atoms with Gasteiger partial charge in [-0.3, -0.25) is 0 Å². The van der Waals surface area contributed by atoms with E-state index in [0.29, 0.717) is 26.2 Å². The molecule has 2 fully saturated rings. The third kappa shape index (κ3) is 6.00. The average Bonchev–Trinajstić information content (AvgIpc) is 3.27. The quantitative estimate of drug-likeness (QED) is 0.856. The molecule has 0 amide bonds. The maximum Gasteiger partial charge on any atom is 0.335 e. The molecule has 2 aliphatic heterocycles. The summed E-state index contributed by atoms with van der Waals surface area (Å²) in [5.41, 5.74) is 1.00. The van der Waals surface area contributed by atoms with E-state index in [-0.39, 0.29) is 12.1 Å².